The zero-order valence-corrected chi connectivity index (χ0v) is 23.0. The Morgan fingerprint density at radius 3 is 2.46 bits per heavy atom. The number of carbonyl (C=O) groups excluding carboxylic acids is 3. The van der Waals surface area contributed by atoms with Crippen molar-refractivity contribution >= 4 is 35.2 Å². The maximum Gasteiger partial charge on any atom is 0.311 e. The molecule has 2 saturated heterocycles. The van der Waals surface area contributed by atoms with Crippen LogP contribution in [0, 0.1) is 31.6 Å². The van der Waals surface area contributed by atoms with Gasteiger partial charge in [-0.3, -0.25) is 14.4 Å². The Morgan fingerprint density at radius 1 is 1.11 bits per heavy atom. The Bertz CT molecular complexity index is 1180. The van der Waals surface area contributed by atoms with E-state index in [2.05, 4.69) is 0 Å². The first kappa shape index (κ1) is 26.0. The predicted molar refractivity (Wildman–Crippen MR) is 144 cm³/mol. The molecule has 0 aromatic heterocycles. The number of aliphatic hydroxyl groups excluding tert-OH is 1. The highest BCUT2D eigenvalue weighted by molar-refractivity contribution is 8.02. The van der Waals surface area contributed by atoms with Crippen molar-refractivity contribution in [1.82, 2.24) is 4.90 Å². The van der Waals surface area contributed by atoms with Gasteiger partial charge in [0.2, 0.25) is 5.91 Å². The Hall–Kier alpha value is -2.58. The van der Waals surface area contributed by atoms with Crippen molar-refractivity contribution in [2.24, 2.45) is 17.8 Å². The molecular formula is C29H36N2O5S. The minimum atomic E-state index is -0.958. The summed E-state index contributed by atoms with van der Waals surface area (Å²) in [5, 5.41) is 10.5. The van der Waals surface area contributed by atoms with Crippen molar-refractivity contribution in [3.05, 3.63) is 53.6 Å². The number of anilines is 1. The van der Waals surface area contributed by atoms with Crippen molar-refractivity contribution in [3.8, 4) is 0 Å². The van der Waals surface area contributed by atoms with Crippen LogP contribution in [-0.2, 0) is 19.1 Å². The fourth-order valence-electron chi connectivity index (χ4n) is 6.90. The molecule has 198 valence electrons. The summed E-state index contributed by atoms with van der Waals surface area (Å²) in [5.74, 6) is -2.35. The number of nitrogens with zero attached hydrogens (tertiary/aromatic N) is 2. The van der Waals surface area contributed by atoms with Crippen molar-refractivity contribution in [2.75, 3.05) is 24.7 Å². The Kier molecular flexibility index (Phi) is 6.55. The lowest BCUT2D eigenvalue weighted by atomic mass is 9.75. The quantitative estimate of drug-likeness (QED) is 0.469. The lowest BCUT2D eigenvalue weighted by Crippen LogP contribution is -2.58. The lowest BCUT2D eigenvalue weighted by molar-refractivity contribution is -0.153. The van der Waals surface area contributed by atoms with Crippen LogP contribution >= 0.6 is 11.8 Å². The summed E-state index contributed by atoms with van der Waals surface area (Å²) < 4.78 is 3.86. The molecule has 0 bridgehead atoms. The van der Waals surface area contributed by atoms with E-state index in [-0.39, 0.29) is 30.9 Å². The fraction of sp³-hybridized carbons (Fsp3) is 0.552. The number of carbonyl (C=O) groups is 3. The summed E-state index contributed by atoms with van der Waals surface area (Å²) in [7, 11) is 0. The molecule has 0 saturated carbocycles. The first-order valence-electron chi connectivity index (χ1n) is 13.1. The Balaban J connectivity index is 1.72. The number of hydrogen-bond donors (Lipinski definition) is 1. The van der Waals surface area contributed by atoms with Gasteiger partial charge in [-0.15, -0.1) is 11.8 Å². The third kappa shape index (κ3) is 3.70. The molecule has 7 nitrogen and oxygen atoms in total. The van der Waals surface area contributed by atoms with Gasteiger partial charge < -0.3 is 19.6 Å². The number of thioether (sulfide) groups is 1. The number of amides is 2. The third-order valence-electron chi connectivity index (χ3n) is 8.81. The number of cyclic esters (lactones) is 1. The van der Waals surface area contributed by atoms with E-state index >= 15 is 0 Å². The average molecular weight is 525 g/mol. The fourth-order valence-corrected chi connectivity index (χ4v) is 9.04. The summed E-state index contributed by atoms with van der Waals surface area (Å²) in [6, 6.07) is 4.55. The van der Waals surface area contributed by atoms with Gasteiger partial charge in [0.25, 0.3) is 5.91 Å². The summed E-state index contributed by atoms with van der Waals surface area (Å²) in [5.41, 5.74) is 2.80. The number of fused-ring (bicyclic) bond motifs is 2. The standard InChI is InChI=1S/C29H36N2O5S/c1-6-17(2)20(16-32)31-24-26(34)30(23-18(3)10-7-11-19(23)4)14-8-13-29(24)21(25(31)33)22-27(35)36-15-9-12-28(22,5)37-29/h7-13,17,20-22,24,32H,6,14-16H2,1-5H3/t17-,20-,21-,22-,24?,28+,29-/m0/s1. The SMILES string of the molecule is CC[C@H](C)[C@H](CO)N1C(=O)[C@@H]2[C@H]3C(=O)OCC=C[C@@]3(C)S[C@@]23C=CCN(c2c(C)cccc2C)C(=O)C13. The molecule has 4 aliphatic heterocycles. The Labute approximate surface area is 222 Å². The van der Waals surface area contributed by atoms with Gasteiger partial charge in [-0.25, -0.2) is 0 Å². The minimum absolute atomic E-state index is 0.0316. The van der Waals surface area contributed by atoms with Gasteiger partial charge in [0.15, 0.2) is 0 Å². The van der Waals surface area contributed by atoms with Gasteiger partial charge in [-0.2, -0.15) is 0 Å². The van der Waals surface area contributed by atoms with Crippen LogP contribution in [0.1, 0.15) is 38.3 Å². The second-order valence-electron chi connectivity index (χ2n) is 11.0. The summed E-state index contributed by atoms with van der Waals surface area (Å²) >= 11 is 1.53. The largest absolute Gasteiger partial charge is 0.461 e. The highest BCUT2D eigenvalue weighted by Gasteiger charge is 2.74. The molecule has 1 spiro atoms. The van der Waals surface area contributed by atoms with Crippen LogP contribution in [0.15, 0.2) is 42.5 Å². The molecule has 0 aliphatic carbocycles. The van der Waals surface area contributed by atoms with E-state index in [1.54, 1.807) is 9.80 Å². The molecule has 1 N–H and O–H groups in total. The minimum Gasteiger partial charge on any atom is -0.461 e. The number of aliphatic hydroxyl groups is 1. The number of benzene rings is 1. The molecule has 1 unspecified atom stereocenters. The van der Waals surface area contributed by atoms with Gasteiger partial charge in [-0.1, -0.05) is 56.7 Å². The highest BCUT2D eigenvalue weighted by atomic mass is 32.2. The third-order valence-corrected chi connectivity index (χ3v) is 10.6. The van der Waals surface area contributed by atoms with Crippen LogP contribution in [-0.4, -0.2) is 69.1 Å². The average Bonchev–Trinajstić information content (AvgIpc) is 3.11. The molecular weight excluding hydrogens is 488 g/mol. The van der Waals surface area contributed by atoms with Crippen LogP contribution in [0.5, 0.6) is 0 Å². The first-order valence-corrected chi connectivity index (χ1v) is 14.0. The van der Waals surface area contributed by atoms with E-state index < -0.39 is 39.4 Å². The predicted octanol–water partition coefficient (Wildman–Crippen LogP) is 3.41. The molecule has 1 aromatic carbocycles. The van der Waals surface area contributed by atoms with Crippen LogP contribution in [0.3, 0.4) is 0 Å². The molecule has 0 radical (unpaired) electrons. The zero-order chi connectivity index (χ0) is 26.7. The van der Waals surface area contributed by atoms with Gasteiger partial charge in [0.05, 0.1) is 29.2 Å². The summed E-state index contributed by atoms with van der Waals surface area (Å²) in [4.78, 5) is 45.8. The first-order chi connectivity index (χ1) is 17.6. The van der Waals surface area contributed by atoms with E-state index in [0.717, 1.165) is 23.2 Å². The second kappa shape index (κ2) is 9.31. The summed E-state index contributed by atoms with van der Waals surface area (Å²) in [6.45, 7) is 10.2. The van der Waals surface area contributed by atoms with Gasteiger partial charge in [0.1, 0.15) is 12.6 Å². The monoisotopic (exact) mass is 524 g/mol. The van der Waals surface area contributed by atoms with Gasteiger partial charge in [0, 0.05) is 17.0 Å². The second-order valence-corrected chi connectivity index (χ2v) is 12.8. The van der Waals surface area contributed by atoms with Crippen LogP contribution in [0.4, 0.5) is 5.69 Å². The van der Waals surface area contributed by atoms with E-state index in [1.165, 1.54) is 11.8 Å². The van der Waals surface area contributed by atoms with Crippen molar-refractivity contribution in [2.45, 2.75) is 62.6 Å². The number of likely N-dealkylation sites (tertiary alicyclic amines) is 1. The van der Waals surface area contributed by atoms with Crippen LogP contribution in [0.25, 0.3) is 0 Å². The maximum absolute atomic E-state index is 14.7. The smallest absolute Gasteiger partial charge is 0.311 e. The number of ether oxygens (including phenoxy) is 1. The van der Waals surface area contributed by atoms with Crippen LogP contribution < -0.4 is 4.90 Å². The maximum atomic E-state index is 14.7. The number of esters is 1. The van der Waals surface area contributed by atoms with Gasteiger partial charge in [-0.05, 0) is 43.9 Å². The Morgan fingerprint density at radius 2 is 1.81 bits per heavy atom. The van der Waals surface area contributed by atoms with Gasteiger partial charge >= 0.3 is 5.97 Å². The molecule has 5 rings (SSSR count). The molecule has 1 aromatic rings. The molecule has 2 amide bonds. The van der Waals surface area contributed by atoms with Crippen molar-refractivity contribution < 1.29 is 24.2 Å². The molecule has 7 atom stereocenters. The highest BCUT2D eigenvalue weighted by Crippen LogP contribution is 2.66. The molecule has 8 heteroatoms. The normalized spacial score (nSPS) is 34.4. The number of aryl methyl sites for hydroxylation is 2. The van der Waals surface area contributed by atoms with E-state index in [0.29, 0.717) is 6.54 Å². The molecule has 4 heterocycles. The lowest BCUT2D eigenvalue weighted by Gasteiger charge is -2.41. The zero-order valence-electron chi connectivity index (χ0n) is 22.1. The van der Waals surface area contributed by atoms with Crippen molar-refractivity contribution in [1.29, 1.82) is 0 Å². The van der Waals surface area contributed by atoms with Crippen LogP contribution in [0.2, 0.25) is 0 Å². The van der Waals surface area contributed by atoms with E-state index in [1.807, 2.05) is 77.1 Å². The summed E-state index contributed by atoms with van der Waals surface area (Å²) in [6.07, 6.45) is 8.52. The topological polar surface area (TPSA) is 87.2 Å². The van der Waals surface area contributed by atoms with E-state index in [4.69, 9.17) is 4.74 Å². The number of hydrogen-bond acceptors (Lipinski definition) is 6. The molecule has 4 aliphatic rings. The van der Waals surface area contributed by atoms with Crippen molar-refractivity contribution in [3.63, 3.8) is 0 Å². The number of para-hydroxylation sites is 1. The van der Waals surface area contributed by atoms with E-state index in [9.17, 15) is 19.5 Å². The molecule has 2 fully saturated rings. The number of rotatable bonds is 5. The molecule has 37 heavy (non-hydrogen) atoms.